The number of fused-ring (bicyclic) bond motifs is 1. The van der Waals surface area contributed by atoms with Crippen LogP contribution in [0.1, 0.15) is 33.1 Å². The van der Waals surface area contributed by atoms with Crippen molar-refractivity contribution in [1.29, 1.82) is 0 Å². The Hall–Kier alpha value is -2.88. The quantitative estimate of drug-likeness (QED) is 0.601. The van der Waals surface area contributed by atoms with Crippen LogP contribution in [0.2, 0.25) is 0 Å². The molecule has 1 aromatic carbocycles. The summed E-state index contributed by atoms with van der Waals surface area (Å²) in [6.45, 7) is 2.94. The molecular formula is C21H21F3N4O2S. The molecule has 6 nitrogen and oxygen atoms in total. The number of ether oxygens (including phenoxy) is 1. The van der Waals surface area contributed by atoms with E-state index in [1.165, 1.54) is 16.2 Å². The molecule has 31 heavy (non-hydrogen) atoms. The number of aryl methyl sites for hydroxylation is 2. The largest absolute Gasteiger partial charge is 0.497 e. The van der Waals surface area contributed by atoms with Gasteiger partial charge in [0.05, 0.1) is 13.7 Å². The normalized spacial score (nSPS) is 14.3. The van der Waals surface area contributed by atoms with Crippen molar-refractivity contribution < 1.29 is 17.9 Å². The van der Waals surface area contributed by atoms with Crippen LogP contribution in [0.3, 0.4) is 0 Å². The minimum Gasteiger partial charge on any atom is -0.497 e. The molecule has 164 valence electrons. The summed E-state index contributed by atoms with van der Waals surface area (Å²) in [5.74, 6) is 1.56. The molecule has 0 aliphatic carbocycles. The molecule has 4 rings (SSSR count). The van der Waals surface area contributed by atoms with Crippen LogP contribution in [0.5, 0.6) is 5.75 Å². The van der Waals surface area contributed by atoms with Gasteiger partial charge >= 0.3 is 11.9 Å². The first-order chi connectivity index (χ1) is 14.7. The summed E-state index contributed by atoms with van der Waals surface area (Å²) >= 11 is 0.621. The van der Waals surface area contributed by atoms with Crippen molar-refractivity contribution in [3.63, 3.8) is 0 Å². The van der Waals surface area contributed by atoms with E-state index in [2.05, 4.69) is 9.97 Å². The molecule has 10 heteroatoms. The summed E-state index contributed by atoms with van der Waals surface area (Å²) in [4.78, 5) is 23.0. The Bertz CT molecular complexity index is 1160. The van der Waals surface area contributed by atoms with Gasteiger partial charge in [0, 0.05) is 18.0 Å². The molecule has 0 amide bonds. The molecule has 2 aromatic heterocycles. The summed E-state index contributed by atoms with van der Waals surface area (Å²) in [7, 11) is 1.64. The predicted molar refractivity (Wildman–Crippen MR) is 112 cm³/mol. The van der Waals surface area contributed by atoms with Crippen molar-refractivity contribution in [3.8, 4) is 5.75 Å². The smallest absolute Gasteiger partial charge is 0.425 e. The first kappa shape index (κ1) is 21.4. The molecule has 0 fully saturated rings. The molecule has 3 aromatic rings. The number of aromatic nitrogens is 3. The van der Waals surface area contributed by atoms with Crippen LogP contribution in [0.15, 0.2) is 35.1 Å². The van der Waals surface area contributed by atoms with Crippen LogP contribution in [0.4, 0.5) is 19.1 Å². The number of thiophene rings is 1. The number of halogens is 3. The molecule has 1 aliphatic heterocycles. The molecule has 0 unspecified atom stereocenters. The molecular weight excluding hydrogens is 429 g/mol. The second kappa shape index (κ2) is 8.33. The highest BCUT2D eigenvalue weighted by molar-refractivity contribution is 7.12. The highest BCUT2D eigenvalue weighted by Crippen LogP contribution is 2.34. The molecule has 0 N–H and O–H groups in total. The van der Waals surface area contributed by atoms with Crippen molar-refractivity contribution in [1.82, 2.24) is 14.5 Å². The van der Waals surface area contributed by atoms with Crippen molar-refractivity contribution in [3.05, 3.63) is 67.5 Å². The van der Waals surface area contributed by atoms with E-state index in [0.717, 1.165) is 30.2 Å². The van der Waals surface area contributed by atoms with E-state index in [4.69, 9.17) is 4.74 Å². The summed E-state index contributed by atoms with van der Waals surface area (Å²) in [5.41, 5.74) is 1.80. The average Bonchev–Trinajstić information content (AvgIpc) is 3.10. The third-order valence-corrected chi connectivity index (χ3v) is 6.38. The van der Waals surface area contributed by atoms with Gasteiger partial charge < -0.3 is 9.64 Å². The maximum atomic E-state index is 12.8. The van der Waals surface area contributed by atoms with Crippen molar-refractivity contribution in [2.24, 2.45) is 0 Å². The Kier molecular flexibility index (Phi) is 5.74. The maximum absolute atomic E-state index is 12.8. The zero-order chi connectivity index (χ0) is 22.2. The molecule has 0 radical (unpaired) electrons. The topological polar surface area (TPSA) is 60.2 Å². The van der Waals surface area contributed by atoms with E-state index in [1.807, 2.05) is 23.1 Å². The SMILES string of the molecule is COc1ccc2c(c1)CCCN(c1nc(C)n(Cc3ccc(C(F)(F)F)s3)c(=O)n1)C2. The lowest BCUT2D eigenvalue weighted by molar-refractivity contribution is -0.134. The standard InChI is InChI=1S/C21H21F3N4O2S/c1-13-25-19(27-9-3-4-14-10-16(30-2)6-5-15(14)11-27)26-20(29)28(13)12-17-7-8-18(31-17)21(22,23)24/h5-8,10H,3-4,9,11-12H2,1-2H3. The highest BCUT2D eigenvalue weighted by atomic mass is 32.1. The van der Waals surface area contributed by atoms with E-state index in [-0.39, 0.29) is 6.54 Å². The number of benzene rings is 1. The summed E-state index contributed by atoms with van der Waals surface area (Å²) in [6, 6.07) is 8.35. The number of rotatable bonds is 4. The van der Waals surface area contributed by atoms with Gasteiger partial charge in [0.2, 0.25) is 5.95 Å². The molecule has 0 saturated heterocycles. The number of alkyl halides is 3. The van der Waals surface area contributed by atoms with E-state index in [0.29, 0.717) is 41.1 Å². The summed E-state index contributed by atoms with van der Waals surface area (Å²) in [6.07, 6.45) is -2.63. The van der Waals surface area contributed by atoms with Gasteiger partial charge in [-0.1, -0.05) is 6.07 Å². The fraction of sp³-hybridized carbons (Fsp3) is 0.381. The van der Waals surface area contributed by atoms with E-state index < -0.39 is 16.7 Å². The monoisotopic (exact) mass is 450 g/mol. The fourth-order valence-electron chi connectivity index (χ4n) is 3.64. The van der Waals surface area contributed by atoms with Crippen LogP contribution in [-0.4, -0.2) is 28.2 Å². The minimum atomic E-state index is -4.39. The van der Waals surface area contributed by atoms with Gasteiger partial charge in [0.1, 0.15) is 16.5 Å². The van der Waals surface area contributed by atoms with Crippen molar-refractivity contribution in [2.75, 3.05) is 18.6 Å². The molecule has 3 heterocycles. The lowest BCUT2D eigenvalue weighted by Gasteiger charge is -2.21. The Morgan fingerprint density at radius 2 is 1.97 bits per heavy atom. The van der Waals surface area contributed by atoms with Crippen LogP contribution in [0.25, 0.3) is 0 Å². The second-order valence-corrected chi connectivity index (χ2v) is 8.53. The van der Waals surface area contributed by atoms with E-state index in [9.17, 15) is 18.0 Å². The number of hydrogen-bond acceptors (Lipinski definition) is 6. The van der Waals surface area contributed by atoms with Crippen molar-refractivity contribution in [2.45, 2.75) is 39.0 Å². The van der Waals surface area contributed by atoms with Gasteiger partial charge in [0.15, 0.2) is 0 Å². The van der Waals surface area contributed by atoms with Gasteiger partial charge in [0.25, 0.3) is 0 Å². The average molecular weight is 450 g/mol. The summed E-state index contributed by atoms with van der Waals surface area (Å²) < 4.78 is 45.1. The number of hydrogen-bond donors (Lipinski definition) is 0. The number of anilines is 1. The Morgan fingerprint density at radius 3 is 2.65 bits per heavy atom. The van der Waals surface area contributed by atoms with Gasteiger partial charge in [-0.2, -0.15) is 23.1 Å². The lowest BCUT2D eigenvalue weighted by atomic mass is 10.0. The molecule has 0 bridgehead atoms. The second-order valence-electron chi connectivity index (χ2n) is 7.36. The third-order valence-electron chi connectivity index (χ3n) is 5.27. The molecule has 0 atom stereocenters. The van der Waals surface area contributed by atoms with Crippen LogP contribution < -0.4 is 15.3 Å². The molecule has 1 aliphatic rings. The van der Waals surface area contributed by atoms with E-state index in [1.54, 1.807) is 14.0 Å². The van der Waals surface area contributed by atoms with Crippen molar-refractivity contribution >= 4 is 17.3 Å². The first-order valence-electron chi connectivity index (χ1n) is 9.77. The highest BCUT2D eigenvalue weighted by Gasteiger charge is 2.32. The fourth-order valence-corrected chi connectivity index (χ4v) is 4.50. The van der Waals surface area contributed by atoms with E-state index >= 15 is 0 Å². The van der Waals surface area contributed by atoms with Crippen LogP contribution in [-0.2, 0) is 25.7 Å². The molecule has 0 saturated carbocycles. The third kappa shape index (κ3) is 4.58. The lowest BCUT2D eigenvalue weighted by Crippen LogP contribution is -2.32. The Balaban J connectivity index is 1.58. The summed E-state index contributed by atoms with van der Waals surface area (Å²) in [5, 5.41) is 0. The first-order valence-corrected chi connectivity index (χ1v) is 10.6. The van der Waals surface area contributed by atoms with Gasteiger partial charge in [-0.15, -0.1) is 11.3 Å². The Labute approximate surface area is 181 Å². The zero-order valence-corrected chi connectivity index (χ0v) is 17.9. The predicted octanol–water partition coefficient (Wildman–Crippen LogP) is 4.04. The molecule has 0 spiro atoms. The van der Waals surface area contributed by atoms with Crippen LogP contribution in [0, 0.1) is 6.92 Å². The van der Waals surface area contributed by atoms with Gasteiger partial charge in [-0.25, -0.2) is 4.79 Å². The number of nitrogens with zero attached hydrogens (tertiary/aromatic N) is 4. The van der Waals surface area contributed by atoms with Gasteiger partial charge in [-0.3, -0.25) is 4.57 Å². The van der Waals surface area contributed by atoms with Crippen LogP contribution >= 0.6 is 11.3 Å². The Morgan fingerprint density at radius 1 is 1.16 bits per heavy atom. The van der Waals surface area contributed by atoms with Gasteiger partial charge in [-0.05, 0) is 55.2 Å². The maximum Gasteiger partial charge on any atom is 0.425 e. The number of methoxy groups -OCH3 is 1. The minimum absolute atomic E-state index is 0.00826. The zero-order valence-electron chi connectivity index (χ0n) is 17.1.